The molecular formula is C23H18FNO2S2. The average Bonchev–Trinajstić information content (AvgIpc) is 2.96. The molecule has 0 radical (unpaired) electrons. The molecule has 0 bridgehead atoms. The van der Waals surface area contributed by atoms with E-state index in [-0.39, 0.29) is 12.0 Å². The Morgan fingerprint density at radius 3 is 2.66 bits per heavy atom. The van der Waals surface area contributed by atoms with Crippen molar-refractivity contribution in [3.05, 3.63) is 76.9 Å². The molecule has 1 amide bonds. The van der Waals surface area contributed by atoms with Crippen molar-refractivity contribution < 1.29 is 13.9 Å². The molecule has 146 valence electrons. The van der Waals surface area contributed by atoms with Gasteiger partial charge in [0.25, 0.3) is 5.91 Å². The van der Waals surface area contributed by atoms with Crippen LogP contribution in [0.5, 0.6) is 5.75 Å². The summed E-state index contributed by atoms with van der Waals surface area (Å²) in [5, 5.41) is 2.04. The predicted octanol–water partition coefficient (Wildman–Crippen LogP) is 6.17. The van der Waals surface area contributed by atoms with E-state index in [9.17, 15) is 9.18 Å². The monoisotopic (exact) mass is 423 g/mol. The number of benzene rings is 3. The van der Waals surface area contributed by atoms with Crippen LogP contribution in [0.4, 0.5) is 10.1 Å². The molecule has 1 saturated heterocycles. The highest BCUT2D eigenvalue weighted by atomic mass is 32.2. The molecule has 1 heterocycles. The van der Waals surface area contributed by atoms with Crippen LogP contribution in [0.2, 0.25) is 0 Å². The van der Waals surface area contributed by atoms with Crippen LogP contribution in [0, 0.1) is 5.82 Å². The first kappa shape index (κ1) is 19.6. The number of fused-ring (bicyclic) bond motifs is 1. The summed E-state index contributed by atoms with van der Waals surface area (Å²) in [5.74, 6) is 0.0194. The minimum atomic E-state index is -0.415. The van der Waals surface area contributed by atoms with Crippen LogP contribution in [-0.2, 0) is 4.79 Å². The Morgan fingerprint density at radius 2 is 1.90 bits per heavy atom. The quantitative estimate of drug-likeness (QED) is 0.371. The van der Waals surface area contributed by atoms with Crippen LogP contribution in [0.1, 0.15) is 19.4 Å². The summed E-state index contributed by atoms with van der Waals surface area (Å²) in [6, 6.07) is 17.7. The second-order valence-corrected chi connectivity index (χ2v) is 8.54. The molecule has 1 aliphatic heterocycles. The predicted molar refractivity (Wildman–Crippen MR) is 122 cm³/mol. The lowest BCUT2D eigenvalue weighted by Gasteiger charge is -2.15. The Balaban J connectivity index is 1.81. The molecule has 4 rings (SSSR count). The molecule has 0 N–H and O–H groups in total. The number of ether oxygens (including phenoxy) is 1. The molecule has 0 atom stereocenters. The van der Waals surface area contributed by atoms with E-state index < -0.39 is 5.82 Å². The number of carbonyl (C=O) groups excluding carboxylic acids is 1. The zero-order valence-electron chi connectivity index (χ0n) is 15.9. The smallest absolute Gasteiger partial charge is 0.270 e. The number of rotatable bonds is 4. The lowest BCUT2D eigenvalue weighted by molar-refractivity contribution is -0.113. The molecule has 0 aliphatic carbocycles. The summed E-state index contributed by atoms with van der Waals surface area (Å²) in [7, 11) is 0. The van der Waals surface area contributed by atoms with E-state index in [4.69, 9.17) is 17.0 Å². The van der Waals surface area contributed by atoms with Gasteiger partial charge in [0.15, 0.2) is 4.32 Å². The van der Waals surface area contributed by atoms with E-state index in [1.807, 2.05) is 56.3 Å². The number of anilines is 1. The lowest BCUT2D eigenvalue weighted by Crippen LogP contribution is -2.27. The van der Waals surface area contributed by atoms with Gasteiger partial charge in [-0.1, -0.05) is 60.4 Å². The number of hydrogen-bond acceptors (Lipinski definition) is 4. The fraction of sp³-hybridized carbons (Fsp3) is 0.130. The van der Waals surface area contributed by atoms with Crippen molar-refractivity contribution in [2.75, 3.05) is 4.90 Å². The molecule has 3 aromatic carbocycles. The van der Waals surface area contributed by atoms with Gasteiger partial charge in [-0.25, -0.2) is 4.39 Å². The zero-order chi connectivity index (χ0) is 20.5. The summed E-state index contributed by atoms with van der Waals surface area (Å²) in [5.41, 5.74) is 1.25. The highest BCUT2D eigenvalue weighted by Crippen LogP contribution is 2.39. The number of thioether (sulfide) groups is 1. The summed E-state index contributed by atoms with van der Waals surface area (Å²) in [6.07, 6.45) is 1.81. The molecular weight excluding hydrogens is 405 g/mol. The molecule has 0 aromatic heterocycles. The Bertz CT molecular complexity index is 1160. The van der Waals surface area contributed by atoms with Crippen molar-refractivity contribution >= 4 is 56.7 Å². The van der Waals surface area contributed by atoms with Gasteiger partial charge in [-0.05, 0) is 55.0 Å². The van der Waals surface area contributed by atoms with Crippen molar-refractivity contribution in [2.45, 2.75) is 20.0 Å². The van der Waals surface area contributed by atoms with Crippen molar-refractivity contribution in [1.82, 2.24) is 0 Å². The maximum absolute atomic E-state index is 13.6. The van der Waals surface area contributed by atoms with E-state index in [1.54, 1.807) is 12.1 Å². The number of carbonyl (C=O) groups is 1. The van der Waals surface area contributed by atoms with Gasteiger partial charge in [-0.15, -0.1) is 0 Å². The van der Waals surface area contributed by atoms with Gasteiger partial charge in [-0.2, -0.15) is 0 Å². The molecule has 0 saturated carbocycles. The van der Waals surface area contributed by atoms with Crippen LogP contribution in [0.25, 0.3) is 16.8 Å². The summed E-state index contributed by atoms with van der Waals surface area (Å²) >= 11 is 6.61. The van der Waals surface area contributed by atoms with Gasteiger partial charge in [0.1, 0.15) is 11.6 Å². The van der Waals surface area contributed by atoms with Crippen LogP contribution in [0.3, 0.4) is 0 Å². The third-order valence-electron chi connectivity index (χ3n) is 4.43. The highest BCUT2D eigenvalue weighted by Gasteiger charge is 2.33. The first-order valence-corrected chi connectivity index (χ1v) is 10.4. The van der Waals surface area contributed by atoms with Gasteiger partial charge in [0.2, 0.25) is 0 Å². The fourth-order valence-corrected chi connectivity index (χ4v) is 4.50. The minimum absolute atomic E-state index is 0.00915. The van der Waals surface area contributed by atoms with E-state index in [0.29, 0.717) is 20.7 Å². The first-order valence-electron chi connectivity index (χ1n) is 9.16. The van der Waals surface area contributed by atoms with Crippen LogP contribution < -0.4 is 9.64 Å². The number of amides is 1. The lowest BCUT2D eigenvalue weighted by atomic mass is 10.0. The topological polar surface area (TPSA) is 29.5 Å². The number of nitrogens with zero attached hydrogens (tertiary/aromatic N) is 1. The molecule has 3 nitrogen and oxygen atoms in total. The minimum Gasteiger partial charge on any atom is -0.490 e. The van der Waals surface area contributed by atoms with E-state index in [2.05, 4.69) is 0 Å². The maximum atomic E-state index is 13.6. The fourth-order valence-electron chi connectivity index (χ4n) is 3.22. The SMILES string of the molecule is CC(C)Oc1ccc2ccccc2c1/C=C1\SC(=S)N(c2cccc(F)c2)C1=O. The van der Waals surface area contributed by atoms with Crippen molar-refractivity contribution in [1.29, 1.82) is 0 Å². The molecule has 1 aliphatic rings. The Hall–Kier alpha value is -2.70. The average molecular weight is 424 g/mol. The number of hydrogen-bond donors (Lipinski definition) is 0. The molecule has 6 heteroatoms. The summed E-state index contributed by atoms with van der Waals surface area (Å²) < 4.78 is 20.0. The van der Waals surface area contributed by atoms with E-state index >= 15 is 0 Å². The van der Waals surface area contributed by atoms with Crippen LogP contribution in [0.15, 0.2) is 65.6 Å². The van der Waals surface area contributed by atoms with Crippen LogP contribution in [-0.4, -0.2) is 16.3 Å². The highest BCUT2D eigenvalue weighted by molar-refractivity contribution is 8.27. The molecule has 0 spiro atoms. The van der Waals surface area contributed by atoms with E-state index in [1.165, 1.54) is 28.8 Å². The normalized spacial score (nSPS) is 15.7. The van der Waals surface area contributed by atoms with Gasteiger partial charge >= 0.3 is 0 Å². The van der Waals surface area contributed by atoms with Gasteiger partial charge in [0, 0.05) is 5.56 Å². The largest absolute Gasteiger partial charge is 0.490 e. The van der Waals surface area contributed by atoms with E-state index in [0.717, 1.165) is 16.3 Å². The standard InChI is InChI=1S/C23H18FNO2S2/c1-14(2)27-20-11-10-15-6-3-4-9-18(15)19(20)13-21-22(26)25(23(28)29-21)17-8-5-7-16(24)12-17/h3-14H,1-2H3/b21-13-. The Labute approximate surface area is 178 Å². The third kappa shape index (κ3) is 3.91. The van der Waals surface area contributed by atoms with Gasteiger partial charge in [-0.3, -0.25) is 9.69 Å². The van der Waals surface area contributed by atoms with Crippen molar-refractivity contribution in [2.24, 2.45) is 0 Å². The van der Waals surface area contributed by atoms with Crippen molar-refractivity contribution in [3.8, 4) is 5.75 Å². The number of halogens is 1. The van der Waals surface area contributed by atoms with Gasteiger partial charge < -0.3 is 4.74 Å². The zero-order valence-corrected chi connectivity index (χ0v) is 17.5. The molecule has 3 aromatic rings. The Morgan fingerprint density at radius 1 is 1.10 bits per heavy atom. The van der Waals surface area contributed by atoms with Gasteiger partial charge in [0.05, 0.1) is 16.7 Å². The molecule has 29 heavy (non-hydrogen) atoms. The van der Waals surface area contributed by atoms with Crippen molar-refractivity contribution in [3.63, 3.8) is 0 Å². The number of thiocarbonyl (C=S) groups is 1. The summed E-state index contributed by atoms with van der Waals surface area (Å²) in [4.78, 5) is 14.9. The second kappa shape index (κ2) is 7.97. The summed E-state index contributed by atoms with van der Waals surface area (Å²) in [6.45, 7) is 3.92. The molecule has 0 unspecified atom stereocenters. The maximum Gasteiger partial charge on any atom is 0.270 e. The third-order valence-corrected chi connectivity index (χ3v) is 5.73. The second-order valence-electron chi connectivity index (χ2n) is 6.86. The first-order chi connectivity index (χ1) is 13.9. The molecule has 1 fully saturated rings. The Kier molecular flexibility index (Phi) is 5.39. The van der Waals surface area contributed by atoms with Crippen LogP contribution >= 0.6 is 24.0 Å².